The number of hydrogen-bond donors (Lipinski definition) is 1. The van der Waals surface area contributed by atoms with Gasteiger partial charge in [-0.3, -0.25) is 0 Å². The van der Waals surface area contributed by atoms with Crippen molar-refractivity contribution in [3.05, 3.63) is 107 Å². The Bertz CT molecular complexity index is 962. The van der Waals surface area contributed by atoms with E-state index in [9.17, 15) is 9.59 Å². The molecule has 0 saturated carbocycles. The lowest BCUT2D eigenvalue weighted by atomic mass is 10.0. The molecule has 0 saturated heterocycles. The summed E-state index contributed by atoms with van der Waals surface area (Å²) in [5, 5.41) is 3.41. The highest BCUT2D eigenvalue weighted by Crippen LogP contribution is 2.12. The molecule has 1 amide bonds. The van der Waals surface area contributed by atoms with Crippen LogP contribution < -0.4 is 5.32 Å². The summed E-state index contributed by atoms with van der Waals surface area (Å²) in [4.78, 5) is 25.1. The third-order valence-corrected chi connectivity index (χ3v) is 5.28. The van der Waals surface area contributed by atoms with Gasteiger partial charge in [0, 0.05) is 11.8 Å². The van der Waals surface area contributed by atoms with Crippen LogP contribution in [0.3, 0.4) is 0 Å². The van der Waals surface area contributed by atoms with Crippen molar-refractivity contribution in [3.63, 3.8) is 0 Å². The van der Waals surface area contributed by atoms with Crippen molar-refractivity contribution in [2.45, 2.75) is 31.0 Å². The molecule has 0 heterocycles. The van der Waals surface area contributed by atoms with Gasteiger partial charge in [0.1, 0.15) is 19.3 Å². The minimum atomic E-state index is -0.859. The Morgan fingerprint density at radius 1 is 0.710 bits per heavy atom. The molecule has 0 fully saturated rings. The number of alkyl halides is 1. The Labute approximate surface area is 190 Å². The summed E-state index contributed by atoms with van der Waals surface area (Å²) >= 11 is 3.42. The van der Waals surface area contributed by atoms with Crippen molar-refractivity contribution in [1.82, 2.24) is 5.32 Å². The van der Waals surface area contributed by atoms with E-state index < -0.39 is 18.1 Å². The molecule has 5 nitrogen and oxygen atoms in total. The van der Waals surface area contributed by atoms with Crippen LogP contribution in [-0.4, -0.2) is 18.1 Å². The zero-order valence-corrected chi connectivity index (χ0v) is 18.6. The number of hydrogen-bond acceptors (Lipinski definition) is 4. The summed E-state index contributed by atoms with van der Waals surface area (Å²) in [6, 6.07) is 25.7. The molecule has 0 radical (unpaired) electrons. The van der Waals surface area contributed by atoms with E-state index in [1.165, 1.54) is 0 Å². The van der Waals surface area contributed by atoms with Crippen molar-refractivity contribution < 1.29 is 19.1 Å². The number of esters is 1. The molecule has 0 spiro atoms. The predicted molar refractivity (Wildman–Crippen MR) is 123 cm³/mol. The molecule has 31 heavy (non-hydrogen) atoms. The summed E-state index contributed by atoms with van der Waals surface area (Å²) in [7, 11) is 0. The largest absolute Gasteiger partial charge is 0.459 e. The molecule has 0 aliphatic heterocycles. The fourth-order valence-corrected chi connectivity index (χ4v) is 3.30. The Morgan fingerprint density at radius 2 is 1.23 bits per heavy atom. The maximum absolute atomic E-state index is 12.8. The van der Waals surface area contributed by atoms with Gasteiger partial charge < -0.3 is 14.8 Å². The van der Waals surface area contributed by atoms with E-state index in [1.807, 2.05) is 84.9 Å². The molecule has 0 aromatic heterocycles. The van der Waals surface area contributed by atoms with E-state index in [4.69, 9.17) is 9.47 Å². The van der Waals surface area contributed by atoms with E-state index >= 15 is 0 Å². The molecule has 3 rings (SSSR count). The highest BCUT2D eigenvalue weighted by atomic mass is 79.9. The second-order valence-corrected chi connectivity index (χ2v) is 7.57. The summed E-state index contributed by atoms with van der Waals surface area (Å²) in [6.07, 6.45) is -0.362. The highest BCUT2D eigenvalue weighted by Gasteiger charge is 2.24. The lowest BCUT2D eigenvalue weighted by molar-refractivity contribution is -0.147. The number of rotatable bonds is 9. The van der Waals surface area contributed by atoms with E-state index in [0.717, 1.165) is 27.6 Å². The third kappa shape index (κ3) is 7.57. The third-order valence-electron chi connectivity index (χ3n) is 4.63. The zero-order valence-electron chi connectivity index (χ0n) is 17.0. The van der Waals surface area contributed by atoms with Crippen LogP contribution in [0.4, 0.5) is 4.79 Å². The van der Waals surface area contributed by atoms with Crippen LogP contribution in [0.25, 0.3) is 0 Å². The Hall–Kier alpha value is -3.12. The molecule has 0 unspecified atom stereocenters. The van der Waals surface area contributed by atoms with Gasteiger partial charge in [-0.25, -0.2) is 9.59 Å². The Morgan fingerprint density at radius 3 is 1.77 bits per heavy atom. The molecule has 3 aromatic rings. The van der Waals surface area contributed by atoms with Gasteiger partial charge in [-0.1, -0.05) is 101 Å². The Kier molecular flexibility index (Phi) is 8.67. The highest BCUT2D eigenvalue weighted by molar-refractivity contribution is 9.08. The van der Waals surface area contributed by atoms with Gasteiger partial charge in [-0.15, -0.1) is 0 Å². The van der Waals surface area contributed by atoms with Crippen LogP contribution >= 0.6 is 15.9 Å². The average Bonchev–Trinajstić information content (AvgIpc) is 2.82. The first kappa shape index (κ1) is 22.6. The monoisotopic (exact) mass is 481 g/mol. The topological polar surface area (TPSA) is 64.6 Å². The normalized spacial score (nSPS) is 11.4. The molecular formula is C25H24BrNO4. The molecule has 3 aromatic carbocycles. The number of carbonyl (C=O) groups is 2. The minimum absolute atomic E-state index is 0.123. The van der Waals surface area contributed by atoms with E-state index in [0.29, 0.717) is 6.42 Å². The van der Waals surface area contributed by atoms with Gasteiger partial charge in [0.15, 0.2) is 0 Å². The number of halogens is 1. The van der Waals surface area contributed by atoms with E-state index in [1.54, 1.807) is 0 Å². The molecular weight excluding hydrogens is 458 g/mol. The van der Waals surface area contributed by atoms with Gasteiger partial charge >= 0.3 is 12.1 Å². The average molecular weight is 482 g/mol. The van der Waals surface area contributed by atoms with Crippen molar-refractivity contribution in [2.75, 3.05) is 0 Å². The van der Waals surface area contributed by atoms with Crippen LogP contribution in [0.1, 0.15) is 22.3 Å². The Balaban J connectivity index is 1.63. The quantitative estimate of drug-likeness (QED) is 0.338. The van der Waals surface area contributed by atoms with Crippen molar-refractivity contribution >= 4 is 28.0 Å². The SMILES string of the molecule is O=C(N[C@@H](Cc1ccc(CBr)cc1)C(=O)OCc1ccccc1)OCc1ccccc1. The van der Waals surface area contributed by atoms with Gasteiger partial charge in [-0.2, -0.15) is 0 Å². The summed E-state index contributed by atoms with van der Waals surface area (Å²) < 4.78 is 10.7. The molecule has 0 bridgehead atoms. The molecule has 0 aliphatic rings. The maximum Gasteiger partial charge on any atom is 0.408 e. The fourth-order valence-electron chi connectivity index (χ4n) is 2.93. The smallest absolute Gasteiger partial charge is 0.408 e. The lowest BCUT2D eigenvalue weighted by Gasteiger charge is -2.18. The van der Waals surface area contributed by atoms with Gasteiger partial charge in [0.05, 0.1) is 0 Å². The first-order valence-corrected chi connectivity index (χ1v) is 11.1. The van der Waals surface area contributed by atoms with Crippen LogP contribution in [0.2, 0.25) is 0 Å². The maximum atomic E-state index is 12.8. The number of nitrogens with one attached hydrogen (secondary N) is 1. The van der Waals surface area contributed by atoms with Crippen molar-refractivity contribution in [1.29, 1.82) is 0 Å². The predicted octanol–water partition coefficient (Wildman–Crippen LogP) is 5.16. The number of benzene rings is 3. The fraction of sp³-hybridized carbons (Fsp3) is 0.200. The van der Waals surface area contributed by atoms with Crippen molar-refractivity contribution in [2.24, 2.45) is 0 Å². The summed E-state index contributed by atoms with van der Waals surface area (Å²) in [6.45, 7) is 0.262. The number of ether oxygens (including phenoxy) is 2. The summed E-state index contributed by atoms with van der Waals surface area (Å²) in [5.41, 5.74) is 3.78. The summed E-state index contributed by atoms with van der Waals surface area (Å²) in [5.74, 6) is -0.509. The second kappa shape index (κ2) is 11.9. The second-order valence-electron chi connectivity index (χ2n) is 7.01. The van der Waals surface area contributed by atoms with Crippen LogP contribution in [0.15, 0.2) is 84.9 Å². The molecule has 0 aliphatic carbocycles. The van der Waals surface area contributed by atoms with E-state index in [2.05, 4.69) is 21.2 Å². The first-order valence-electron chi connectivity index (χ1n) is 9.95. The van der Waals surface area contributed by atoms with E-state index in [-0.39, 0.29) is 13.2 Å². The van der Waals surface area contributed by atoms with Crippen molar-refractivity contribution in [3.8, 4) is 0 Å². The molecule has 1 N–H and O–H groups in total. The molecule has 1 atom stereocenters. The number of carbonyl (C=O) groups excluding carboxylic acids is 2. The standard InChI is InChI=1S/C25H24BrNO4/c26-16-20-13-11-19(12-14-20)15-23(24(28)30-17-21-7-3-1-4-8-21)27-25(29)31-18-22-9-5-2-6-10-22/h1-14,23H,15-18H2,(H,27,29)/t23-/m0/s1. The first-order chi connectivity index (χ1) is 15.1. The molecule has 6 heteroatoms. The molecule has 160 valence electrons. The van der Waals surface area contributed by atoms with Crippen LogP contribution in [-0.2, 0) is 39.2 Å². The van der Waals surface area contributed by atoms with Gasteiger partial charge in [-0.05, 0) is 22.3 Å². The lowest BCUT2D eigenvalue weighted by Crippen LogP contribution is -2.43. The van der Waals surface area contributed by atoms with Crippen LogP contribution in [0.5, 0.6) is 0 Å². The number of alkyl carbamates (subject to hydrolysis) is 1. The van der Waals surface area contributed by atoms with Crippen LogP contribution in [0, 0.1) is 0 Å². The number of amides is 1. The zero-order chi connectivity index (χ0) is 21.9. The van der Waals surface area contributed by atoms with Gasteiger partial charge in [0.25, 0.3) is 0 Å². The van der Waals surface area contributed by atoms with Gasteiger partial charge in [0.2, 0.25) is 0 Å². The minimum Gasteiger partial charge on any atom is -0.459 e.